The highest BCUT2D eigenvalue weighted by atomic mass is 15.3. The van der Waals surface area contributed by atoms with E-state index in [1.807, 2.05) is 18.8 Å². The van der Waals surface area contributed by atoms with Gasteiger partial charge >= 0.3 is 0 Å². The van der Waals surface area contributed by atoms with Crippen LogP contribution in [0.3, 0.4) is 0 Å². The van der Waals surface area contributed by atoms with Crippen molar-refractivity contribution in [1.29, 1.82) is 0 Å². The zero-order chi connectivity index (χ0) is 10.6. The Balaban J connectivity index is 2.48. The Morgan fingerprint density at radius 1 is 1.43 bits per heavy atom. The molecule has 14 heavy (non-hydrogen) atoms. The van der Waals surface area contributed by atoms with Crippen LogP contribution in [0.5, 0.6) is 0 Å². The third-order valence-electron chi connectivity index (χ3n) is 2.81. The molecule has 2 unspecified atom stereocenters. The molecule has 0 spiro atoms. The number of hydrogen-bond acceptors (Lipinski definition) is 3. The number of rotatable bonds is 5. The molecule has 0 amide bonds. The number of aromatic nitrogens is 3. The quantitative estimate of drug-likeness (QED) is 0.759. The van der Waals surface area contributed by atoms with E-state index in [-0.39, 0.29) is 0 Å². The summed E-state index contributed by atoms with van der Waals surface area (Å²) in [6.45, 7) is 5.58. The van der Waals surface area contributed by atoms with Crippen LogP contribution in [0.15, 0.2) is 6.33 Å². The zero-order valence-electron chi connectivity index (χ0n) is 9.49. The van der Waals surface area contributed by atoms with Crippen molar-refractivity contribution >= 4 is 0 Å². The van der Waals surface area contributed by atoms with Gasteiger partial charge in [-0.3, -0.25) is 4.68 Å². The Labute approximate surface area is 85.7 Å². The Bertz CT molecular complexity index is 269. The van der Waals surface area contributed by atoms with Crippen molar-refractivity contribution in [3.8, 4) is 0 Å². The minimum absolute atomic E-state index is 0.630. The van der Waals surface area contributed by atoms with Gasteiger partial charge in [0.15, 0.2) is 0 Å². The summed E-state index contributed by atoms with van der Waals surface area (Å²) in [6.07, 6.45) is 2.62. The fourth-order valence-electron chi connectivity index (χ4n) is 1.52. The average molecular weight is 196 g/mol. The lowest BCUT2D eigenvalue weighted by Gasteiger charge is -2.18. The summed E-state index contributed by atoms with van der Waals surface area (Å²) in [5.41, 5.74) is 0. The van der Waals surface area contributed by atoms with Crippen molar-refractivity contribution in [1.82, 2.24) is 20.1 Å². The minimum atomic E-state index is 0.630. The average Bonchev–Trinajstić information content (AvgIpc) is 2.52. The molecule has 0 aliphatic rings. The van der Waals surface area contributed by atoms with Gasteiger partial charge in [-0.2, -0.15) is 5.10 Å². The third-order valence-corrected chi connectivity index (χ3v) is 2.81. The van der Waals surface area contributed by atoms with Gasteiger partial charge in [0.25, 0.3) is 0 Å². The first-order valence-corrected chi connectivity index (χ1v) is 5.12. The van der Waals surface area contributed by atoms with E-state index in [1.165, 1.54) is 0 Å². The third kappa shape index (κ3) is 2.80. The van der Waals surface area contributed by atoms with Gasteiger partial charge in [-0.05, 0) is 25.4 Å². The first-order valence-electron chi connectivity index (χ1n) is 5.12. The number of aryl methyl sites for hydroxylation is 1. The van der Waals surface area contributed by atoms with Crippen molar-refractivity contribution in [3.05, 3.63) is 12.2 Å². The molecule has 0 radical (unpaired) electrons. The van der Waals surface area contributed by atoms with E-state index >= 15 is 0 Å². The first kappa shape index (κ1) is 11.2. The normalized spacial score (nSPS) is 15.4. The van der Waals surface area contributed by atoms with Crippen molar-refractivity contribution < 1.29 is 0 Å². The highest BCUT2D eigenvalue weighted by Crippen LogP contribution is 2.14. The van der Waals surface area contributed by atoms with Gasteiger partial charge in [0.1, 0.15) is 12.2 Å². The molecule has 1 N–H and O–H groups in total. The second kappa shape index (κ2) is 5.10. The molecule has 4 nitrogen and oxygen atoms in total. The van der Waals surface area contributed by atoms with E-state index in [9.17, 15) is 0 Å². The van der Waals surface area contributed by atoms with Crippen LogP contribution in [0.4, 0.5) is 0 Å². The van der Waals surface area contributed by atoms with E-state index in [1.54, 1.807) is 6.33 Å². The van der Waals surface area contributed by atoms with E-state index in [2.05, 4.69) is 29.2 Å². The summed E-state index contributed by atoms with van der Waals surface area (Å²) < 4.78 is 1.85. The summed E-state index contributed by atoms with van der Waals surface area (Å²) in [6, 6.07) is 0. The van der Waals surface area contributed by atoms with Crippen LogP contribution in [0.25, 0.3) is 0 Å². The van der Waals surface area contributed by atoms with Crippen LogP contribution in [0, 0.1) is 11.8 Å². The first-order chi connectivity index (χ1) is 6.65. The Morgan fingerprint density at radius 3 is 2.64 bits per heavy atom. The molecular formula is C10H20N4. The van der Waals surface area contributed by atoms with E-state index in [4.69, 9.17) is 0 Å². The highest BCUT2D eigenvalue weighted by molar-refractivity contribution is 4.86. The lowest BCUT2D eigenvalue weighted by molar-refractivity contribution is 0.364. The van der Waals surface area contributed by atoms with Gasteiger partial charge < -0.3 is 5.32 Å². The maximum atomic E-state index is 4.23. The van der Waals surface area contributed by atoms with E-state index in [0.717, 1.165) is 18.8 Å². The van der Waals surface area contributed by atoms with Crippen LogP contribution in [0.1, 0.15) is 19.7 Å². The lowest BCUT2D eigenvalue weighted by atomic mass is 9.92. The minimum Gasteiger partial charge on any atom is -0.319 e. The number of nitrogens with one attached hydrogen (secondary N) is 1. The molecule has 1 aromatic heterocycles. The molecule has 0 aliphatic carbocycles. The predicted octanol–water partition coefficient (Wildman–Crippen LogP) is 0.849. The zero-order valence-corrected chi connectivity index (χ0v) is 9.49. The maximum absolute atomic E-state index is 4.23. The molecule has 2 atom stereocenters. The van der Waals surface area contributed by atoms with Crippen molar-refractivity contribution in [2.24, 2.45) is 18.9 Å². The number of nitrogens with zero attached hydrogens (tertiary/aromatic N) is 3. The molecule has 0 saturated carbocycles. The Kier molecular flexibility index (Phi) is 4.07. The molecule has 4 heteroatoms. The Hall–Kier alpha value is -0.900. The molecule has 1 rings (SSSR count). The predicted molar refractivity (Wildman–Crippen MR) is 57.0 cm³/mol. The molecule has 0 bridgehead atoms. The SMILES string of the molecule is CNCC(C)C(C)Cc1ncnn1C. The van der Waals surface area contributed by atoms with Crippen molar-refractivity contribution in [2.45, 2.75) is 20.3 Å². The fourth-order valence-corrected chi connectivity index (χ4v) is 1.52. The van der Waals surface area contributed by atoms with Crippen LogP contribution >= 0.6 is 0 Å². The second-order valence-corrected chi connectivity index (χ2v) is 4.02. The molecule has 0 saturated heterocycles. The van der Waals surface area contributed by atoms with Crippen LogP contribution < -0.4 is 5.32 Å². The second-order valence-electron chi connectivity index (χ2n) is 4.02. The largest absolute Gasteiger partial charge is 0.319 e. The molecule has 0 fully saturated rings. The van der Waals surface area contributed by atoms with Crippen LogP contribution in [0.2, 0.25) is 0 Å². The highest BCUT2D eigenvalue weighted by Gasteiger charge is 2.14. The monoisotopic (exact) mass is 196 g/mol. The van der Waals surface area contributed by atoms with Gasteiger partial charge in [0.05, 0.1) is 0 Å². The summed E-state index contributed by atoms with van der Waals surface area (Å²) in [5, 5.41) is 7.26. The molecule has 80 valence electrons. The lowest BCUT2D eigenvalue weighted by Crippen LogP contribution is -2.24. The molecular weight excluding hydrogens is 176 g/mol. The summed E-state index contributed by atoms with van der Waals surface area (Å²) >= 11 is 0. The molecule has 0 aromatic carbocycles. The standard InChI is InChI=1S/C10H20N4/c1-8(9(2)6-11-3)5-10-12-7-13-14(10)4/h7-9,11H,5-6H2,1-4H3. The summed E-state index contributed by atoms with van der Waals surface area (Å²) in [7, 11) is 3.93. The Morgan fingerprint density at radius 2 is 2.14 bits per heavy atom. The summed E-state index contributed by atoms with van der Waals surface area (Å²) in [4.78, 5) is 4.23. The molecule has 0 aliphatic heterocycles. The van der Waals surface area contributed by atoms with Gasteiger partial charge in [0, 0.05) is 13.5 Å². The van der Waals surface area contributed by atoms with Gasteiger partial charge in [0.2, 0.25) is 0 Å². The number of hydrogen-bond donors (Lipinski definition) is 1. The smallest absolute Gasteiger partial charge is 0.138 e. The van der Waals surface area contributed by atoms with Crippen molar-refractivity contribution in [2.75, 3.05) is 13.6 Å². The van der Waals surface area contributed by atoms with E-state index in [0.29, 0.717) is 11.8 Å². The summed E-state index contributed by atoms with van der Waals surface area (Å²) in [5.74, 6) is 2.36. The van der Waals surface area contributed by atoms with Gasteiger partial charge in [-0.15, -0.1) is 0 Å². The van der Waals surface area contributed by atoms with Gasteiger partial charge in [-0.25, -0.2) is 4.98 Å². The maximum Gasteiger partial charge on any atom is 0.138 e. The van der Waals surface area contributed by atoms with E-state index < -0.39 is 0 Å². The van der Waals surface area contributed by atoms with Crippen molar-refractivity contribution in [3.63, 3.8) is 0 Å². The molecule has 1 heterocycles. The van der Waals surface area contributed by atoms with Crippen LogP contribution in [-0.4, -0.2) is 28.4 Å². The fraction of sp³-hybridized carbons (Fsp3) is 0.800. The van der Waals surface area contributed by atoms with Gasteiger partial charge in [-0.1, -0.05) is 13.8 Å². The topological polar surface area (TPSA) is 42.7 Å². The molecule has 1 aromatic rings. The van der Waals surface area contributed by atoms with Crippen LogP contribution in [-0.2, 0) is 13.5 Å².